The van der Waals surface area contributed by atoms with E-state index in [2.05, 4.69) is 31.9 Å². The monoisotopic (exact) mass is 171 g/mol. The van der Waals surface area contributed by atoms with Gasteiger partial charge in [0.2, 0.25) is 0 Å². The highest BCUT2D eigenvalue weighted by atomic mass is 16.3. The second-order valence-corrected chi connectivity index (χ2v) is 3.68. The first-order valence-corrected chi connectivity index (χ1v) is 4.52. The first-order valence-electron chi connectivity index (χ1n) is 4.52. The lowest BCUT2D eigenvalue weighted by molar-refractivity contribution is 0.167. The Morgan fingerprint density at radius 2 is 2.08 bits per heavy atom. The summed E-state index contributed by atoms with van der Waals surface area (Å²) in [6.45, 7) is 7.97. The van der Waals surface area contributed by atoms with Crippen molar-refractivity contribution in [2.45, 2.75) is 33.3 Å². The van der Waals surface area contributed by atoms with Crippen molar-refractivity contribution in [2.24, 2.45) is 0 Å². The maximum atomic E-state index is 9.04. The van der Waals surface area contributed by atoms with Crippen LogP contribution in [0.1, 0.15) is 27.2 Å². The molecule has 0 saturated carbocycles. The van der Waals surface area contributed by atoms with Crippen molar-refractivity contribution in [1.29, 1.82) is 0 Å². The molecule has 0 spiro atoms. The SMILES string of the molecule is CC(C)=CCN(C)CCC(C)O. The molecule has 2 nitrogen and oxygen atoms in total. The molecule has 0 aromatic rings. The van der Waals surface area contributed by atoms with Gasteiger partial charge in [-0.25, -0.2) is 0 Å². The number of likely N-dealkylation sites (N-methyl/N-ethyl adjacent to an activating group) is 1. The molecule has 2 heteroatoms. The average Bonchev–Trinajstić information content (AvgIpc) is 1.96. The molecule has 0 aromatic carbocycles. The summed E-state index contributed by atoms with van der Waals surface area (Å²) in [5.41, 5.74) is 1.35. The van der Waals surface area contributed by atoms with Gasteiger partial charge in [0, 0.05) is 13.1 Å². The summed E-state index contributed by atoms with van der Waals surface area (Å²) < 4.78 is 0. The van der Waals surface area contributed by atoms with Gasteiger partial charge in [-0.1, -0.05) is 11.6 Å². The van der Waals surface area contributed by atoms with E-state index in [1.54, 1.807) is 0 Å². The van der Waals surface area contributed by atoms with Crippen molar-refractivity contribution < 1.29 is 5.11 Å². The Balaban J connectivity index is 3.46. The van der Waals surface area contributed by atoms with Gasteiger partial charge in [-0.2, -0.15) is 0 Å². The molecule has 72 valence electrons. The smallest absolute Gasteiger partial charge is 0.0524 e. The topological polar surface area (TPSA) is 23.5 Å². The third-order valence-electron chi connectivity index (χ3n) is 1.74. The molecule has 0 aliphatic carbocycles. The number of aliphatic hydroxyl groups is 1. The minimum absolute atomic E-state index is 0.181. The number of hydrogen-bond acceptors (Lipinski definition) is 2. The van der Waals surface area contributed by atoms with Crippen LogP contribution in [0.3, 0.4) is 0 Å². The minimum Gasteiger partial charge on any atom is -0.393 e. The predicted molar refractivity (Wildman–Crippen MR) is 53.2 cm³/mol. The highest BCUT2D eigenvalue weighted by molar-refractivity contribution is 4.94. The molecular weight excluding hydrogens is 150 g/mol. The zero-order valence-electron chi connectivity index (χ0n) is 8.67. The Morgan fingerprint density at radius 3 is 2.50 bits per heavy atom. The van der Waals surface area contributed by atoms with E-state index in [-0.39, 0.29) is 6.10 Å². The van der Waals surface area contributed by atoms with Crippen LogP contribution in [0, 0.1) is 0 Å². The van der Waals surface area contributed by atoms with E-state index in [4.69, 9.17) is 5.11 Å². The maximum absolute atomic E-state index is 9.04. The van der Waals surface area contributed by atoms with E-state index in [0.29, 0.717) is 0 Å². The van der Waals surface area contributed by atoms with Crippen LogP contribution in [-0.4, -0.2) is 36.2 Å². The van der Waals surface area contributed by atoms with Gasteiger partial charge in [0.25, 0.3) is 0 Å². The van der Waals surface area contributed by atoms with E-state index in [9.17, 15) is 0 Å². The van der Waals surface area contributed by atoms with Gasteiger partial charge in [-0.15, -0.1) is 0 Å². The fourth-order valence-electron chi connectivity index (χ4n) is 0.837. The van der Waals surface area contributed by atoms with Crippen LogP contribution in [-0.2, 0) is 0 Å². The van der Waals surface area contributed by atoms with Gasteiger partial charge >= 0.3 is 0 Å². The Hall–Kier alpha value is -0.340. The van der Waals surface area contributed by atoms with Crippen LogP contribution < -0.4 is 0 Å². The fourth-order valence-corrected chi connectivity index (χ4v) is 0.837. The number of hydrogen-bond donors (Lipinski definition) is 1. The molecule has 1 atom stereocenters. The Bertz CT molecular complexity index is 137. The quantitative estimate of drug-likeness (QED) is 0.636. The number of nitrogens with zero attached hydrogens (tertiary/aromatic N) is 1. The molecule has 1 N–H and O–H groups in total. The lowest BCUT2D eigenvalue weighted by atomic mass is 10.2. The predicted octanol–water partition coefficient (Wildman–Crippen LogP) is 1.66. The van der Waals surface area contributed by atoms with Crippen LogP contribution in [0.2, 0.25) is 0 Å². The van der Waals surface area contributed by atoms with E-state index < -0.39 is 0 Å². The molecule has 12 heavy (non-hydrogen) atoms. The number of aliphatic hydroxyl groups excluding tert-OH is 1. The Kier molecular flexibility index (Phi) is 6.03. The average molecular weight is 171 g/mol. The van der Waals surface area contributed by atoms with E-state index >= 15 is 0 Å². The van der Waals surface area contributed by atoms with Gasteiger partial charge in [0.15, 0.2) is 0 Å². The standard InChI is InChI=1S/C10H21NO/c1-9(2)5-7-11(4)8-6-10(3)12/h5,10,12H,6-8H2,1-4H3. The maximum Gasteiger partial charge on any atom is 0.0524 e. The molecule has 0 fully saturated rings. The third-order valence-corrected chi connectivity index (χ3v) is 1.74. The van der Waals surface area contributed by atoms with Crippen LogP contribution in [0.4, 0.5) is 0 Å². The van der Waals surface area contributed by atoms with E-state index in [1.807, 2.05) is 6.92 Å². The van der Waals surface area contributed by atoms with Crippen molar-refractivity contribution in [3.63, 3.8) is 0 Å². The van der Waals surface area contributed by atoms with Crippen molar-refractivity contribution in [3.05, 3.63) is 11.6 Å². The molecule has 0 aliphatic rings. The fraction of sp³-hybridized carbons (Fsp3) is 0.800. The highest BCUT2D eigenvalue weighted by Crippen LogP contribution is 1.95. The normalized spacial score (nSPS) is 13.2. The summed E-state index contributed by atoms with van der Waals surface area (Å²) in [7, 11) is 2.07. The zero-order chi connectivity index (χ0) is 9.56. The van der Waals surface area contributed by atoms with Gasteiger partial charge in [0.05, 0.1) is 6.10 Å². The molecular formula is C10H21NO. The second kappa shape index (κ2) is 6.21. The van der Waals surface area contributed by atoms with E-state index in [1.165, 1.54) is 5.57 Å². The summed E-state index contributed by atoms with van der Waals surface area (Å²) in [4.78, 5) is 2.21. The van der Waals surface area contributed by atoms with Crippen molar-refractivity contribution in [2.75, 3.05) is 20.1 Å². The first kappa shape index (κ1) is 11.7. The summed E-state index contributed by atoms with van der Waals surface area (Å²) in [6, 6.07) is 0. The summed E-state index contributed by atoms with van der Waals surface area (Å²) >= 11 is 0. The Labute approximate surface area is 75.9 Å². The van der Waals surface area contributed by atoms with Crippen LogP contribution in [0.25, 0.3) is 0 Å². The zero-order valence-corrected chi connectivity index (χ0v) is 8.67. The van der Waals surface area contributed by atoms with Crippen LogP contribution in [0.5, 0.6) is 0 Å². The summed E-state index contributed by atoms with van der Waals surface area (Å²) in [6.07, 6.45) is 2.87. The molecule has 0 heterocycles. The van der Waals surface area contributed by atoms with Crippen molar-refractivity contribution in [1.82, 2.24) is 4.90 Å². The molecule has 0 amide bonds. The third kappa shape index (κ3) is 7.76. The molecule has 0 bridgehead atoms. The van der Waals surface area contributed by atoms with Crippen molar-refractivity contribution in [3.8, 4) is 0 Å². The summed E-state index contributed by atoms with van der Waals surface area (Å²) in [5, 5.41) is 9.04. The van der Waals surface area contributed by atoms with Crippen LogP contribution in [0.15, 0.2) is 11.6 Å². The molecule has 0 aliphatic heterocycles. The summed E-state index contributed by atoms with van der Waals surface area (Å²) in [5.74, 6) is 0. The molecule has 1 unspecified atom stereocenters. The van der Waals surface area contributed by atoms with Crippen molar-refractivity contribution >= 4 is 0 Å². The second-order valence-electron chi connectivity index (χ2n) is 3.68. The van der Waals surface area contributed by atoms with Gasteiger partial charge in [-0.05, 0) is 34.2 Å². The largest absolute Gasteiger partial charge is 0.393 e. The number of allylic oxidation sites excluding steroid dienone is 1. The lowest BCUT2D eigenvalue weighted by Gasteiger charge is -2.15. The number of rotatable bonds is 5. The molecule has 0 aromatic heterocycles. The van der Waals surface area contributed by atoms with Gasteiger partial charge in [0.1, 0.15) is 0 Å². The first-order chi connectivity index (χ1) is 5.52. The van der Waals surface area contributed by atoms with Gasteiger partial charge in [-0.3, -0.25) is 0 Å². The van der Waals surface area contributed by atoms with Crippen LogP contribution >= 0.6 is 0 Å². The van der Waals surface area contributed by atoms with Gasteiger partial charge < -0.3 is 10.0 Å². The molecule has 0 rings (SSSR count). The molecule has 0 saturated heterocycles. The Morgan fingerprint density at radius 1 is 1.50 bits per heavy atom. The minimum atomic E-state index is -0.181. The lowest BCUT2D eigenvalue weighted by Crippen LogP contribution is -2.22. The van der Waals surface area contributed by atoms with E-state index in [0.717, 1.165) is 19.5 Å². The molecule has 0 radical (unpaired) electrons. The highest BCUT2D eigenvalue weighted by Gasteiger charge is 1.98.